The Hall–Kier alpha value is -4.24. The first-order valence-corrected chi connectivity index (χ1v) is 28.5. The van der Waals surface area contributed by atoms with Crippen LogP contribution in [-0.2, 0) is 29.9 Å². The molecule has 2 spiro atoms. The SMILES string of the molecule is CC(C)(C)OC(=O)N1CCC(CBr)C1.CN(CC1CCNC1)S(=O)(=O)N1CCN(c2ncnc3[nH]ccc23)CC12CC2.CNS(=O)(=O)N1CCN(c2ncnc3c2ccn3C(=O)OC(C)(C)C)CC12CC2. The maximum absolute atomic E-state index is 13.3. The molecule has 4 aromatic rings. The molecule has 25 heteroatoms. The number of nitrogens with one attached hydrogen (secondary N) is 3. The normalized spacial score (nSPS) is 22.4. The van der Waals surface area contributed by atoms with Crippen molar-refractivity contribution >= 4 is 82.2 Å². The van der Waals surface area contributed by atoms with Crippen LogP contribution in [0.4, 0.5) is 21.2 Å². The second kappa shape index (κ2) is 20.6. The predicted molar refractivity (Wildman–Crippen MR) is 275 cm³/mol. The highest BCUT2D eigenvalue weighted by molar-refractivity contribution is 9.09. The van der Waals surface area contributed by atoms with Crippen molar-refractivity contribution in [3.8, 4) is 0 Å². The minimum Gasteiger partial charge on any atom is -0.444 e. The molecular formula is C46H71BrN14O8S2. The molecule has 4 aromatic heterocycles. The summed E-state index contributed by atoms with van der Waals surface area (Å²) in [6.07, 6.45) is 11.4. The number of anilines is 2. The average Bonchev–Trinajstić information content (AvgIpc) is 3.82. The lowest BCUT2D eigenvalue weighted by Gasteiger charge is -2.43. The first-order valence-electron chi connectivity index (χ1n) is 24.5. The summed E-state index contributed by atoms with van der Waals surface area (Å²) >= 11 is 3.44. The number of nitrogens with zero attached hydrogens (tertiary/aromatic N) is 11. The highest BCUT2D eigenvalue weighted by Crippen LogP contribution is 2.48. The summed E-state index contributed by atoms with van der Waals surface area (Å²) in [5.41, 5.74) is -0.410. The average molecular weight is 1090 g/mol. The molecule has 22 nitrogen and oxygen atoms in total. The lowest BCUT2D eigenvalue weighted by Crippen LogP contribution is -2.60. The minimum absolute atomic E-state index is 0.180. The molecule has 3 N–H and O–H groups in total. The smallest absolute Gasteiger partial charge is 0.420 e. The van der Waals surface area contributed by atoms with Crippen molar-refractivity contribution in [2.75, 3.05) is 101 Å². The molecule has 10 rings (SSSR count). The number of aromatic nitrogens is 6. The van der Waals surface area contributed by atoms with Gasteiger partial charge in [0, 0.05) is 90.7 Å². The number of amides is 1. The van der Waals surface area contributed by atoms with Gasteiger partial charge in [0.15, 0.2) is 5.65 Å². The molecule has 392 valence electrons. The van der Waals surface area contributed by atoms with Gasteiger partial charge in [-0.2, -0.15) is 29.8 Å². The monoisotopic (exact) mass is 1090 g/mol. The number of H-pyrrole nitrogens is 1. The number of ether oxygens (including phenoxy) is 2. The van der Waals surface area contributed by atoms with E-state index in [-0.39, 0.29) is 17.2 Å². The second-order valence-corrected chi connectivity index (χ2v) is 26.0. The van der Waals surface area contributed by atoms with Crippen molar-refractivity contribution in [2.45, 2.75) is 102 Å². The van der Waals surface area contributed by atoms with E-state index in [0.717, 1.165) is 92.3 Å². The molecular weight excluding hydrogens is 1020 g/mol. The fourth-order valence-electron chi connectivity index (χ4n) is 9.94. The topological polar surface area (TPSA) is 237 Å². The van der Waals surface area contributed by atoms with Crippen molar-refractivity contribution in [3.05, 3.63) is 37.2 Å². The Labute approximate surface area is 426 Å². The summed E-state index contributed by atoms with van der Waals surface area (Å²) in [4.78, 5) is 50.8. The molecule has 71 heavy (non-hydrogen) atoms. The number of likely N-dealkylation sites (tertiary alicyclic amines) is 1. The van der Waals surface area contributed by atoms with Crippen LogP contribution in [0.5, 0.6) is 0 Å². The molecule has 4 aliphatic heterocycles. The molecule has 2 aliphatic carbocycles. The van der Waals surface area contributed by atoms with Crippen LogP contribution in [0.3, 0.4) is 0 Å². The predicted octanol–water partition coefficient (Wildman–Crippen LogP) is 4.37. The molecule has 6 aliphatic rings. The number of hydrogen-bond donors (Lipinski definition) is 3. The zero-order chi connectivity index (χ0) is 51.1. The molecule has 8 heterocycles. The standard InChI is InChI=1S/C18H27N7O2S.C18H26N6O4S.C10H18BrNO2/c1-23(11-14-2-6-19-10-14)28(26,27)25-9-8-24(12-18(25)4-5-18)17-15-3-7-20-16(15)21-13-22-17;1-17(2,3)28-16(25)23-8-5-13-14(20-12-21-15(13)23)22-9-10-24(29(26,27)19-4)18(11-22)6-7-18;1-10(2,3)14-9(13)12-5-4-8(6-11)7-12/h3,7,13-14,19H,2,4-6,8-12H2,1H3,(H,20,21,22);5,8,12,19H,6-7,9-11H2,1-4H3;8H,4-7H2,1-3H3. The zero-order valence-electron chi connectivity index (χ0n) is 42.2. The van der Waals surface area contributed by atoms with Crippen LogP contribution < -0.4 is 19.8 Å². The van der Waals surface area contributed by atoms with Gasteiger partial charge in [-0.25, -0.2) is 38.8 Å². The molecule has 6 fully saturated rings. The van der Waals surface area contributed by atoms with Crippen LogP contribution in [0.25, 0.3) is 22.1 Å². The van der Waals surface area contributed by atoms with Gasteiger partial charge in [0.1, 0.15) is 41.1 Å². The van der Waals surface area contributed by atoms with Crippen LogP contribution >= 0.6 is 15.9 Å². The Morgan fingerprint density at radius 2 is 1.41 bits per heavy atom. The second-order valence-electron chi connectivity index (χ2n) is 21.6. The van der Waals surface area contributed by atoms with Crippen molar-refractivity contribution in [2.24, 2.45) is 11.8 Å². The molecule has 0 radical (unpaired) electrons. The van der Waals surface area contributed by atoms with Gasteiger partial charge >= 0.3 is 12.2 Å². The summed E-state index contributed by atoms with van der Waals surface area (Å²) in [5.74, 6) is 2.58. The van der Waals surface area contributed by atoms with Crippen molar-refractivity contribution in [3.63, 3.8) is 0 Å². The summed E-state index contributed by atoms with van der Waals surface area (Å²) < 4.78 is 70.8. The van der Waals surface area contributed by atoms with E-state index in [9.17, 15) is 26.4 Å². The van der Waals surface area contributed by atoms with E-state index in [4.69, 9.17) is 9.47 Å². The molecule has 2 atom stereocenters. The van der Waals surface area contributed by atoms with E-state index in [1.807, 2.05) is 53.8 Å². The van der Waals surface area contributed by atoms with Gasteiger partial charge in [0.05, 0.1) is 21.9 Å². The maximum Gasteiger partial charge on any atom is 0.420 e. The fourth-order valence-corrected chi connectivity index (χ4v) is 13.5. The van der Waals surface area contributed by atoms with Gasteiger partial charge in [-0.15, -0.1) is 0 Å². The Kier molecular flexibility index (Phi) is 15.4. The first-order chi connectivity index (χ1) is 33.5. The first kappa shape index (κ1) is 53.1. The summed E-state index contributed by atoms with van der Waals surface area (Å²) in [7, 11) is -3.78. The molecule has 1 amide bonds. The van der Waals surface area contributed by atoms with E-state index in [1.54, 1.807) is 43.5 Å². The third-order valence-corrected chi connectivity index (χ3v) is 18.5. The van der Waals surface area contributed by atoms with Gasteiger partial charge < -0.3 is 34.5 Å². The summed E-state index contributed by atoms with van der Waals surface area (Å²) in [5, 5.41) is 6.00. The number of halogens is 1. The van der Waals surface area contributed by atoms with Crippen LogP contribution in [-0.4, -0.2) is 190 Å². The highest BCUT2D eigenvalue weighted by atomic mass is 79.9. The van der Waals surface area contributed by atoms with Crippen molar-refractivity contribution in [1.82, 2.24) is 57.3 Å². The number of alkyl halides is 1. The van der Waals surface area contributed by atoms with Crippen LogP contribution in [0, 0.1) is 11.8 Å². The maximum atomic E-state index is 13.3. The minimum atomic E-state index is -3.48. The number of aromatic amines is 1. The Morgan fingerprint density at radius 3 is 1.99 bits per heavy atom. The number of piperazine rings is 2. The van der Waals surface area contributed by atoms with Gasteiger partial charge in [-0.3, -0.25) is 0 Å². The molecule has 4 saturated heterocycles. The zero-order valence-corrected chi connectivity index (χ0v) is 45.4. The lowest BCUT2D eigenvalue weighted by atomic mass is 10.1. The molecule has 2 saturated carbocycles. The Morgan fingerprint density at radius 1 is 0.803 bits per heavy atom. The third-order valence-electron chi connectivity index (χ3n) is 13.9. The number of fused-ring (bicyclic) bond motifs is 2. The number of rotatable bonds is 9. The van der Waals surface area contributed by atoms with E-state index >= 15 is 0 Å². The summed E-state index contributed by atoms with van der Waals surface area (Å²) in [6, 6.07) is 3.78. The van der Waals surface area contributed by atoms with Crippen molar-refractivity contribution in [1.29, 1.82) is 0 Å². The van der Waals surface area contributed by atoms with E-state index in [1.165, 1.54) is 17.9 Å². The van der Waals surface area contributed by atoms with Crippen LogP contribution in [0.2, 0.25) is 0 Å². The van der Waals surface area contributed by atoms with E-state index in [2.05, 4.69) is 60.7 Å². The number of hydrogen-bond acceptors (Lipinski definition) is 15. The van der Waals surface area contributed by atoms with Gasteiger partial charge in [-0.1, -0.05) is 15.9 Å². The lowest BCUT2D eigenvalue weighted by molar-refractivity contribution is 0.0289. The molecule has 0 bridgehead atoms. The number of carbonyl (C=O) groups excluding carboxylic acids is 2. The van der Waals surface area contributed by atoms with E-state index < -0.39 is 37.7 Å². The quantitative estimate of drug-likeness (QED) is 0.198. The Bertz CT molecular complexity index is 2770. The van der Waals surface area contributed by atoms with Crippen molar-refractivity contribution < 1.29 is 35.9 Å². The number of carbonyl (C=O) groups is 2. The fraction of sp³-hybridized carbons (Fsp3) is 0.696. The third kappa shape index (κ3) is 11.9. The Balaban J connectivity index is 0.000000152. The van der Waals surface area contributed by atoms with Crippen LogP contribution in [0.1, 0.15) is 80.1 Å². The molecule has 0 aromatic carbocycles. The highest BCUT2D eigenvalue weighted by Gasteiger charge is 2.57. The van der Waals surface area contributed by atoms with Crippen LogP contribution in [0.15, 0.2) is 37.2 Å². The van der Waals surface area contributed by atoms with Gasteiger partial charge in [-0.05, 0) is 117 Å². The summed E-state index contributed by atoms with van der Waals surface area (Å²) in [6.45, 7) is 18.5. The van der Waals surface area contributed by atoms with Gasteiger partial charge in [0.2, 0.25) is 0 Å². The largest absolute Gasteiger partial charge is 0.444 e. The molecule has 2 unspecified atom stereocenters. The van der Waals surface area contributed by atoms with Gasteiger partial charge in [0.25, 0.3) is 20.4 Å². The van der Waals surface area contributed by atoms with E-state index in [0.29, 0.717) is 69.1 Å².